The molecule has 0 fully saturated rings. The lowest BCUT2D eigenvalue weighted by Crippen LogP contribution is -1.79. The molecular formula is C14H13ClS. The summed E-state index contributed by atoms with van der Waals surface area (Å²) in [5, 5.41) is 0.780. The second-order valence-corrected chi connectivity index (χ2v) is 5.24. The summed E-state index contributed by atoms with van der Waals surface area (Å²) in [6, 6.07) is 16.6. The van der Waals surface area contributed by atoms with E-state index in [1.165, 1.54) is 16.0 Å². The summed E-state index contributed by atoms with van der Waals surface area (Å²) >= 11 is 7.74. The van der Waals surface area contributed by atoms with E-state index in [1.807, 2.05) is 23.9 Å². The van der Waals surface area contributed by atoms with Crippen molar-refractivity contribution in [3.05, 3.63) is 53.6 Å². The fourth-order valence-corrected chi connectivity index (χ4v) is 2.42. The van der Waals surface area contributed by atoms with E-state index in [0.717, 1.165) is 10.8 Å². The van der Waals surface area contributed by atoms with Crippen LogP contribution in [0.3, 0.4) is 0 Å². The molecule has 0 unspecified atom stereocenters. The number of halogens is 1. The molecule has 16 heavy (non-hydrogen) atoms. The highest BCUT2D eigenvalue weighted by molar-refractivity contribution is 7.99. The molecule has 0 saturated carbocycles. The van der Waals surface area contributed by atoms with Crippen LogP contribution >= 0.6 is 23.4 Å². The van der Waals surface area contributed by atoms with Crippen molar-refractivity contribution in [3.8, 4) is 11.1 Å². The SMILES string of the molecule is CCSc1cccc(-c2ccc(Cl)cc2)c1. The van der Waals surface area contributed by atoms with Gasteiger partial charge in [0.1, 0.15) is 0 Å². The molecule has 2 aromatic carbocycles. The number of hydrogen-bond acceptors (Lipinski definition) is 1. The van der Waals surface area contributed by atoms with E-state index in [9.17, 15) is 0 Å². The molecule has 0 nitrogen and oxygen atoms in total. The maximum absolute atomic E-state index is 5.88. The molecule has 2 heteroatoms. The minimum atomic E-state index is 0.780. The quantitative estimate of drug-likeness (QED) is 0.680. The predicted octanol–water partition coefficient (Wildman–Crippen LogP) is 5.12. The molecule has 0 atom stereocenters. The number of thioether (sulfide) groups is 1. The van der Waals surface area contributed by atoms with Gasteiger partial charge >= 0.3 is 0 Å². The van der Waals surface area contributed by atoms with Crippen LogP contribution in [0.25, 0.3) is 11.1 Å². The molecule has 82 valence electrons. The Morgan fingerprint density at radius 3 is 2.44 bits per heavy atom. The van der Waals surface area contributed by atoms with Crippen LogP contribution in [0.2, 0.25) is 5.02 Å². The van der Waals surface area contributed by atoms with Crippen molar-refractivity contribution >= 4 is 23.4 Å². The Balaban J connectivity index is 2.32. The molecule has 0 saturated heterocycles. The van der Waals surface area contributed by atoms with E-state index in [4.69, 9.17) is 11.6 Å². The van der Waals surface area contributed by atoms with E-state index in [1.54, 1.807) is 0 Å². The van der Waals surface area contributed by atoms with Crippen molar-refractivity contribution in [3.63, 3.8) is 0 Å². The third-order valence-electron chi connectivity index (χ3n) is 2.32. The predicted molar refractivity (Wildman–Crippen MR) is 73.3 cm³/mol. The van der Waals surface area contributed by atoms with Gasteiger partial charge < -0.3 is 0 Å². The van der Waals surface area contributed by atoms with Gasteiger partial charge in [-0.05, 0) is 41.1 Å². The molecule has 0 aromatic heterocycles. The summed E-state index contributed by atoms with van der Waals surface area (Å²) < 4.78 is 0. The topological polar surface area (TPSA) is 0 Å². The lowest BCUT2D eigenvalue weighted by Gasteiger charge is -2.04. The van der Waals surface area contributed by atoms with Gasteiger partial charge in [0.15, 0.2) is 0 Å². The van der Waals surface area contributed by atoms with Gasteiger partial charge in [-0.25, -0.2) is 0 Å². The summed E-state index contributed by atoms with van der Waals surface area (Å²) in [4.78, 5) is 1.31. The molecular weight excluding hydrogens is 236 g/mol. The van der Waals surface area contributed by atoms with E-state index >= 15 is 0 Å². The zero-order valence-electron chi connectivity index (χ0n) is 9.11. The number of rotatable bonds is 3. The van der Waals surface area contributed by atoms with Crippen LogP contribution in [-0.4, -0.2) is 5.75 Å². The van der Waals surface area contributed by atoms with Gasteiger partial charge in [-0.15, -0.1) is 11.8 Å². The Morgan fingerprint density at radius 1 is 1.00 bits per heavy atom. The monoisotopic (exact) mass is 248 g/mol. The molecule has 0 amide bonds. The Morgan fingerprint density at radius 2 is 1.75 bits per heavy atom. The van der Waals surface area contributed by atoms with E-state index < -0.39 is 0 Å². The first-order valence-corrected chi connectivity index (χ1v) is 6.65. The molecule has 0 heterocycles. The average molecular weight is 249 g/mol. The van der Waals surface area contributed by atoms with Crippen molar-refractivity contribution in [2.45, 2.75) is 11.8 Å². The van der Waals surface area contributed by atoms with Crippen LogP contribution in [0.15, 0.2) is 53.4 Å². The Kier molecular flexibility index (Phi) is 3.92. The lowest BCUT2D eigenvalue weighted by atomic mass is 10.1. The van der Waals surface area contributed by atoms with E-state index in [-0.39, 0.29) is 0 Å². The first-order valence-electron chi connectivity index (χ1n) is 5.28. The highest BCUT2D eigenvalue weighted by atomic mass is 35.5. The summed E-state index contributed by atoms with van der Waals surface area (Å²) in [6.07, 6.45) is 0. The van der Waals surface area contributed by atoms with Gasteiger partial charge in [0.2, 0.25) is 0 Å². The summed E-state index contributed by atoms with van der Waals surface area (Å²) in [5.74, 6) is 1.10. The molecule has 0 bridgehead atoms. The molecule has 2 rings (SSSR count). The third kappa shape index (κ3) is 2.81. The smallest absolute Gasteiger partial charge is 0.0406 e. The largest absolute Gasteiger partial charge is 0.126 e. The van der Waals surface area contributed by atoms with Crippen LogP contribution < -0.4 is 0 Å². The van der Waals surface area contributed by atoms with Crippen LogP contribution in [0.4, 0.5) is 0 Å². The van der Waals surface area contributed by atoms with Gasteiger partial charge in [0, 0.05) is 9.92 Å². The fourth-order valence-electron chi connectivity index (χ4n) is 1.57. The zero-order chi connectivity index (χ0) is 11.4. The van der Waals surface area contributed by atoms with Gasteiger partial charge in [-0.1, -0.05) is 42.8 Å². The van der Waals surface area contributed by atoms with Gasteiger partial charge in [0.25, 0.3) is 0 Å². The fraction of sp³-hybridized carbons (Fsp3) is 0.143. The molecule has 2 aromatic rings. The third-order valence-corrected chi connectivity index (χ3v) is 3.45. The van der Waals surface area contributed by atoms with Crippen molar-refractivity contribution in [2.75, 3.05) is 5.75 Å². The Hall–Kier alpha value is -0.920. The highest BCUT2D eigenvalue weighted by Gasteiger charge is 1.99. The van der Waals surface area contributed by atoms with Crippen molar-refractivity contribution in [1.82, 2.24) is 0 Å². The lowest BCUT2D eigenvalue weighted by molar-refractivity contribution is 1.42. The maximum atomic E-state index is 5.88. The van der Waals surface area contributed by atoms with Crippen LogP contribution in [-0.2, 0) is 0 Å². The first-order chi connectivity index (χ1) is 7.79. The van der Waals surface area contributed by atoms with Crippen LogP contribution in [0.1, 0.15) is 6.92 Å². The van der Waals surface area contributed by atoms with Crippen LogP contribution in [0, 0.1) is 0 Å². The standard InChI is InChI=1S/C14H13ClS/c1-2-16-14-5-3-4-12(10-14)11-6-8-13(15)9-7-11/h3-10H,2H2,1H3. The van der Waals surface area contributed by atoms with Gasteiger partial charge in [0.05, 0.1) is 0 Å². The summed E-state index contributed by atoms with van der Waals surface area (Å²) in [6.45, 7) is 2.17. The molecule has 0 aliphatic carbocycles. The molecule has 0 aliphatic rings. The minimum Gasteiger partial charge on any atom is -0.126 e. The van der Waals surface area contributed by atoms with Crippen LogP contribution in [0.5, 0.6) is 0 Å². The maximum Gasteiger partial charge on any atom is 0.0406 e. The number of hydrogen-bond donors (Lipinski definition) is 0. The van der Waals surface area contributed by atoms with E-state index in [2.05, 4.69) is 43.3 Å². The minimum absolute atomic E-state index is 0.780. The highest BCUT2D eigenvalue weighted by Crippen LogP contribution is 2.26. The van der Waals surface area contributed by atoms with Crippen molar-refractivity contribution < 1.29 is 0 Å². The molecule has 0 aliphatic heterocycles. The normalized spacial score (nSPS) is 10.4. The molecule has 0 N–H and O–H groups in total. The molecule has 0 radical (unpaired) electrons. The molecule has 0 spiro atoms. The number of benzene rings is 2. The summed E-state index contributed by atoms with van der Waals surface area (Å²) in [7, 11) is 0. The van der Waals surface area contributed by atoms with Gasteiger partial charge in [-0.3, -0.25) is 0 Å². The zero-order valence-corrected chi connectivity index (χ0v) is 10.7. The Bertz CT molecular complexity index is 462. The second kappa shape index (κ2) is 5.42. The van der Waals surface area contributed by atoms with Crippen molar-refractivity contribution in [1.29, 1.82) is 0 Å². The van der Waals surface area contributed by atoms with E-state index in [0.29, 0.717) is 0 Å². The second-order valence-electron chi connectivity index (χ2n) is 3.47. The summed E-state index contributed by atoms with van der Waals surface area (Å²) in [5.41, 5.74) is 2.46. The Labute approximate surface area is 106 Å². The van der Waals surface area contributed by atoms with Crippen molar-refractivity contribution in [2.24, 2.45) is 0 Å². The van der Waals surface area contributed by atoms with Gasteiger partial charge in [-0.2, -0.15) is 0 Å². The average Bonchev–Trinajstić information content (AvgIpc) is 2.31. The first kappa shape index (κ1) is 11.6.